The summed E-state index contributed by atoms with van der Waals surface area (Å²) in [6.45, 7) is 0.913. The van der Waals surface area contributed by atoms with Gasteiger partial charge in [-0.25, -0.2) is 4.79 Å². The molecule has 10 heteroatoms. The molecule has 0 fully saturated rings. The zero-order chi connectivity index (χ0) is 31.6. The number of rotatable bonds is 11. The minimum absolute atomic E-state index is 0.290. The molecule has 0 unspecified atom stereocenters. The van der Waals surface area contributed by atoms with Gasteiger partial charge in [0.15, 0.2) is 6.61 Å². The van der Waals surface area contributed by atoms with Crippen LogP contribution in [0.25, 0.3) is 0 Å². The number of carbonyl (C=O) groups is 4. The number of urea groups is 1. The van der Waals surface area contributed by atoms with Crippen LogP contribution in [0.5, 0.6) is 5.75 Å². The van der Waals surface area contributed by atoms with Crippen LogP contribution < -0.4 is 30.1 Å². The molecule has 0 aliphatic carbocycles. The molecule has 5 amide bonds. The molecule has 0 aromatic heterocycles. The number of para-hydroxylation sites is 2. The Morgan fingerprint density at radius 1 is 0.614 bits per heavy atom. The number of nitrogens with two attached hydrogens (primary N) is 1. The molecule has 4 aromatic rings. The van der Waals surface area contributed by atoms with Gasteiger partial charge >= 0.3 is 6.03 Å². The smallest absolute Gasteiger partial charge is 0.329 e. The van der Waals surface area contributed by atoms with Gasteiger partial charge in [0, 0.05) is 42.9 Å². The molecule has 0 radical (unpaired) electrons. The Kier molecular flexibility index (Phi) is 10.3. The van der Waals surface area contributed by atoms with Crippen molar-refractivity contribution in [2.24, 2.45) is 5.73 Å². The van der Waals surface area contributed by atoms with E-state index in [0.29, 0.717) is 22.7 Å². The molecule has 0 saturated carbocycles. The first-order chi connectivity index (χ1) is 21.1. The van der Waals surface area contributed by atoms with Crippen molar-refractivity contribution in [1.29, 1.82) is 0 Å². The normalized spacial score (nSPS) is 10.4. The average Bonchev–Trinajstić information content (AvgIpc) is 3.05. The van der Waals surface area contributed by atoms with Gasteiger partial charge in [-0.05, 0) is 55.5 Å². The number of likely N-dealkylation sites (N-methyl/N-ethyl adjacent to an activating group) is 1. The number of ether oxygens (including phenoxy) is 1. The van der Waals surface area contributed by atoms with Crippen molar-refractivity contribution in [1.82, 2.24) is 0 Å². The lowest BCUT2D eigenvalue weighted by Crippen LogP contribution is -2.50. The minimum atomic E-state index is -0.655. The van der Waals surface area contributed by atoms with Gasteiger partial charge < -0.3 is 20.3 Å². The van der Waals surface area contributed by atoms with Crippen molar-refractivity contribution >= 4 is 46.5 Å². The molecule has 0 spiro atoms. The second kappa shape index (κ2) is 14.5. The lowest BCUT2D eigenvalue weighted by molar-refractivity contribution is -0.121. The topological polar surface area (TPSA) is 116 Å². The van der Waals surface area contributed by atoms with Gasteiger partial charge in [-0.15, -0.1) is 0 Å². The van der Waals surface area contributed by atoms with E-state index >= 15 is 0 Å². The van der Waals surface area contributed by atoms with Crippen LogP contribution in [0.1, 0.15) is 5.56 Å². The molecule has 0 saturated heterocycles. The second-order valence-corrected chi connectivity index (χ2v) is 10.1. The molecule has 0 aliphatic rings. The van der Waals surface area contributed by atoms with Gasteiger partial charge in [-0.2, -0.15) is 0 Å². The summed E-state index contributed by atoms with van der Waals surface area (Å²) in [5, 5.41) is 0. The van der Waals surface area contributed by atoms with Gasteiger partial charge in [-0.1, -0.05) is 60.2 Å². The molecule has 0 heterocycles. The summed E-state index contributed by atoms with van der Waals surface area (Å²) < 4.78 is 5.46. The molecule has 4 rings (SSSR count). The van der Waals surface area contributed by atoms with Gasteiger partial charge in [0.2, 0.25) is 11.8 Å². The number of benzene rings is 4. The van der Waals surface area contributed by atoms with Gasteiger partial charge in [-0.3, -0.25) is 24.2 Å². The minimum Gasteiger partial charge on any atom is -0.484 e. The number of aryl methyl sites for hydroxylation is 1. The summed E-state index contributed by atoms with van der Waals surface area (Å²) in [6.07, 6.45) is 0. The summed E-state index contributed by atoms with van der Waals surface area (Å²) in [6, 6.07) is 31.4. The highest BCUT2D eigenvalue weighted by molar-refractivity contribution is 6.10. The maximum Gasteiger partial charge on any atom is 0.329 e. The van der Waals surface area contributed by atoms with Gasteiger partial charge in [0.25, 0.3) is 5.91 Å². The highest BCUT2D eigenvalue weighted by Crippen LogP contribution is 2.25. The van der Waals surface area contributed by atoms with E-state index in [9.17, 15) is 19.2 Å². The van der Waals surface area contributed by atoms with Crippen molar-refractivity contribution in [2.45, 2.75) is 6.92 Å². The van der Waals surface area contributed by atoms with E-state index in [2.05, 4.69) is 0 Å². The van der Waals surface area contributed by atoms with Crippen LogP contribution >= 0.6 is 0 Å². The number of hydrogen-bond acceptors (Lipinski definition) is 5. The van der Waals surface area contributed by atoms with Crippen LogP contribution in [0, 0.1) is 6.92 Å². The van der Waals surface area contributed by atoms with E-state index < -0.39 is 17.8 Å². The molecule has 0 bridgehead atoms. The lowest BCUT2D eigenvalue weighted by Gasteiger charge is -2.31. The number of primary amides is 1. The van der Waals surface area contributed by atoms with Gasteiger partial charge in [0.05, 0.1) is 0 Å². The highest BCUT2D eigenvalue weighted by atomic mass is 16.5. The lowest BCUT2D eigenvalue weighted by atomic mass is 10.2. The van der Waals surface area contributed by atoms with Crippen molar-refractivity contribution < 1.29 is 23.9 Å². The number of anilines is 4. The van der Waals surface area contributed by atoms with Crippen LogP contribution in [-0.2, 0) is 14.4 Å². The maximum absolute atomic E-state index is 14.1. The SMILES string of the molecule is Cc1ccc(N(C)C(=O)N(CC(=O)N(CC(=O)N(C)c2ccccc2)c2cccc(OCC(N)=O)c2)c2ccccc2)cc1. The first-order valence-corrected chi connectivity index (χ1v) is 13.9. The fourth-order valence-electron chi connectivity index (χ4n) is 4.41. The molecular weight excluding hydrogens is 558 g/mol. The third-order valence-electron chi connectivity index (χ3n) is 6.92. The number of carbonyl (C=O) groups excluding carboxylic acids is 4. The van der Waals surface area contributed by atoms with Crippen molar-refractivity contribution in [2.75, 3.05) is 53.4 Å². The van der Waals surface area contributed by atoms with Crippen LogP contribution in [0.4, 0.5) is 27.5 Å². The Hall–Kier alpha value is -5.64. The van der Waals surface area contributed by atoms with Crippen molar-refractivity contribution in [3.8, 4) is 5.75 Å². The van der Waals surface area contributed by atoms with Crippen LogP contribution in [0.2, 0.25) is 0 Å². The Morgan fingerprint density at radius 3 is 1.77 bits per heavy atom. The predicted molar refractivity (Wildman–Crippen MR) is 172 cm³/mol. The summed E-state index contributed by atoms with van der Waals surface area (Å²) in [5.41, 5.74) is 8.45. The molecule has 0 atom stereocenters. The standard InChI is InChI=1S/C34H35N5O5/c1-25-17-19-27(20-18-25)37(3)34(43)39(28-13-8-5-9-14-28)23-33(42)38(22-32(41)36(2)26-11-6-4-7-12-26)29-15-10-16-30(21-29)44-24-31(35)40/h4-21H,22-24H2,1-3H3,(H2,35,40). The maximum atomic E-state index is 14.1. The van der Waals surface area contributed by atoms with Crippen LogP contribution in [-0.4, -0.2) is 57.5 Å². The Labute approximate surface area is 256 Å². The zero-order valence-corrected chi connectivity index (χ0v) is 24.9. The second-order valence-electron chi connectivity index (χ2n) is 10.1. The number of amides is 5. The van der Waals surface area contributed by atoms with Crippen LogP contribution in [0.15, 0.2) is 109 Å². The summed E-state index contributed by atoms with van der Waals surface area (Å²) in [5.74, 6) is -1.24. The predicted octanol–water partition coefficient (Wildman–Crippen LogP) is 4.62. The van der Waals surface area contributed by atoms with Gasteiger partial charge in [0.1, 0.15) is 18.8 Å². The molecule has 0 aliphatic heterocycles. The number of nitrogens with zero attached hydrogens (tertiary/aromatic N) is 4. The Bertz CT molecular complexity index is 1600. The summed E-state index contributed by atoms with van der Waals surface area (Å²) in [4.78, 5) is 58.4. The van der Waals surface area contributed by atoms with E-state index in [0.717, 1.165) is 5.56 Å². The van der Waals surface area contributed by atoms with Crippen LogP contribution in [0.3, 0.4) is 0 Å². The van der Waals surface area contributed by atoms with E-state index in [1.54, 1.807) is 74.8 Å². The van der Waals surface area contributed by atoms with E-state index in [1.165, 1.54) is 19.6 Å². The molecule has 226 valence electrons. The molecular formula is C34H35N5O5. The quantitative estimate of drug-likeness (QED) is 0.273. The van der Waals surface area contributed by atoms with Crippen molar-refractivity contribution in [3.63, 3.8) is 0 Å². The fraction of sp³-hybridized carbons (Fsp3) is 0.176. The van der Waals surface area contributed by atoms with E-state index in [-0.39, 0.29) is 31.4 Å². The molecule has 10 nitrogen and oxygen atoms in total. The first-order valence-electron chi connectivity index (χ1n) is 13.9. The van der Waals surface area contributed by atoms with E-state index in [1.807, 2.05) is 55.5 Å². The highest BCUT2D eigenvalue weighted by Gasteiger charge is 2.28. The largest absolute Gasteiger partial charge is 0.484 e. The summed E-state index contributed by atoms with van der Waals surface area (Å²) >= 11 is 0. The third kappa shape index (κ3) is 8.01. The Morgan fingerprint density at radius 2 is 1.16 bits per heavy atom. The average molecular weight is 594 g/mol. The first kappa shape index (κ1) is 31.3. The number of hydrogen-bond donors (Lipinski definition) is 1. The summed E-state index contributed by atoms with van der Waals surface area (Å²) in [7, 11) is 3.27. The fourth-order valence-corrected chi connectivity index (χ4v) is 4.41. The van der Waals surface area contributed by atoms with Crippen molar-refractivity contribution in [3.05, 3.63) is 115 Å². The molecule has 44 heavy (non-hydrogen) atoms. The molecule has 4 aromatic carbocycles. The molecule has 2 N–H and O–H groups in total. The Balaban J connectivity index is 1.67. The monoisotopic (exact) mass is 593 g/mol. The zero-order valence-electron chi connectivity index (χ0n) is 24.9. The third-order valence-corrected chi connectivity index (χ3v) is 6.92. The van der Waals surface area contributed by atoms with E-state index in [4.69, 9.17) is 10.5 Å².